The van der Waals surface area contributed by atoms with Crippen molar-refractivity contribution in [3.63, 3.8) is 0 Å². The molecule has 0 spiro atoms. The Morgan fingerprint density at radius 3 is 2.07 bits per heavy atom. The molecule has 3 heterocycles. The highest BCUT2D eigenvalue weighted by Gasteiger charge is 2.26. The van der Waals surface area contributed by atoms with Gasteiger partial charge in [-0.15, -0.1) is 23.5 Å². The van der Waals surface area contributed by atoms with Crippen molar-refractivity contribution < 1.29 is 4.74 Å². The maximum atomic E-state index is 5.04. The molecule has 0 N–H and O–H groups in total. The Morgan fingerprint density at radius 1 is 0.867 bits per heavy atom. The third-order valence-electron chi connectivity index (χ3n) is 1.98. The van der Waals surface area contributed by atoms with Gasteiger partial charge in [-0.05, 0) is 12.2 Å². The van der Waals surface area contributed by atoms with Crippen molar-refractivity contribution in [1.29, 1.82) is 0 Å². The quantitative estimate of drug-likeness (QED) is 0.646. The zero-order valence-corrected chi connectivity index (χ0v) is 11.0. The van der Waals surface area contributed by atoms with E-state index in [9.17, 15) is 0 Å². The Hall–Kier alpha value is 0.160. The van der Waals surface area contributed by atoms with Gasteiger partial charge in [-0.25, -0.2) is 0 Å². The van der Waals surface area contributed by atoms with E-state index in [2.05, 4.69) is 0 Å². The number of hydrogen-bond acceptors (Lipinski definition) is 5. The Kier molecular flexibility index (Phi) is 3.15. The monoisotopic (exact) mass is 272 g/mol. The van der Waals surface area contributed by atoms with Crippen LogP contribution in [-0.2, 0) is 4.74 Å². The molecule has 0 aromatic carbocycles. The second-order valence-corrected chi connectivity index (χ2v) is 7.99. The third-order valence-corrected chi connectivity index (χ3v) is 7.83. The number of hydrogen-bond donors (Lipinski definition) is 0. The molecule has 0 radical (unpaired) electrons. The van der Waals surface area contributed by atoms with E-state index >= 15 is 0 Å². The second kappa shape index (κ2) is 4.57. The molecule has 0 bridgehead atoms. The van der Waals surface area contributed by atoms with Crippen LogP contribution in [0.1, 0.15) is 0 Å². The van der Waals surface area contributed by atoms with E-state index < -0.39 is 0 Å². The lowest BCUT2D eigenvalue weighted by molar-refractivity contribution is 0.398. The summed E-state index contributed by atoms with van der Waals surface area (Å²) in [4.78, 5) is 0. The van der Waals surface area contributed by atoms with Gasteiger partial charge < -0.3 is 4.74 Å². The molecule has 0 aromatic heterocycles. The van der Waals surface area contributed by atoms with Crippen molar-refractivity contribution in [1.82, 2.24) is 0 Å². The van der Waals surface area contributed by atoms with E-state index in [1.165, 1.54) is 29.8 Å². The SMILES string of the molecule is C1=CC(=C2SC3=C(SCCS3)S2)C=CO1. The average molecular weight is 272 g/mol. The van der Waals surface area contributed by atoms with Gasteiger partial charge in [0.25, 0.3) is 0 Å². The maximum Gasteiger partial charge on any atom is 0.0907 e. The van der Waals surface area contributed by atoms with Crippen LogP contribution >= 0.6 is 47.0 Å². The minimum Gasteiger partial charge on any atom is -0.473 e. The van der Waals surface area contributed by atoms with Crippen LogP contribution in [0, 0.1) is 0 Å². The van der Waals surface area contributed by atoms with Crippen molar-refractivity contribution in [2.24, 2.45) is 0 Å². The molecule has 0 aliphatic carbocycles. The summed E-state index contributed by atoms with van der Waals surface area (Å²) < 4.78 is 9.41. The normalized spacial score (nSPS) is 24.5. The van der Waals surface area contributed by atoms with Crippen LogP contribution in [0.3, 0.4) is 0 Å². The number of ether oxygens (including phenoxy) is 1. The summed E-state index contributed by atoms with van der Waals surface area (Å²) in [5.74, 6) is 2.49. The summed E-state index contributed by atoms with van der Waals surface area (Å²) in [6.45, 7) is 0. The Balaban J connectivity index is 1.85. The fourth-order valence-corrected chi connectivity index (χ4v) is 7.24. The van der Waals surface area contributed by atoms with E-state index in [4.69, 9.17) is 4.74 Å². The van der Waals surface area contributed by atoms with Crippen LogP contribution in [0.25, 0.3) is 0 Å². The Labute approximate surface area is 106 Å². The third kappa shape index (κ3) is 2.16. The van der Waals surface area contributed by atoms with Gasteiger partial charge in [0.2, 0.25) is 0 Å². The first-order valence-electron chi connectivity index (χ1n) is 4.52. The molecular weight excluding hydrogens is 264 g/mol. The van der Waals surface area contributed by atoms with Gasteiger partial charge in [-0.2, -0.15) is 0 Å². The van der Waals surface area contributed by atoms with Gasteiger partial charge in [0.1, 0.15) is 0 Å². The largest absolute Gasteiger partial charge is 0.473 e. The molecule has 3 aliphatic heterocycles. The minimum absolute atomic E-state index is 1.24. The van der Waals surface area contributed by atoms with Crippen LogP contribution in [0.2, 0.25) is 0 Å². The smallest absolute Gasteiger partial charge is 0.0907 e. The lowest BCUT2D eigenvalue weighted by Crippen LogP contribution is -1.88. The molecule has 0 aromatic rings. The number of allylic oxidation sites excluding steroid dienone is 3. The molecule has 78 valence electrons. The molecule has 0 fully saturated rings. The molecule has 0 saturated carbocycles. The van der Waals surface area contributed by atoms with E-state index in [-0.39, 0.29) is 0 Å². The predicted molar refractivity (Wildman–Crippen MR) is 73.5 cm³/mol. The first kappa shape index (κ1) is 10.3. The minimum atomic E-state index is 1.24. The van der Waals surface area contributed by atoms with E-state index in [0.717, 1.165) is 0 Å². The van der Waals surface area contributed by atoms with Crippen LogP contribution in [0.4, 0.5) is 0 Å². The zero-order valence-electron chi connectivity index (χ0n) is 7.76. The van der Waals surface area contributed by atoms with Crippen molar-refractivity contribution in [2.45, 2.75) is 0 Å². The Bertz CT molecular complexity index is 372. The van der Waals surface area contributed by atoms with Crippen molar-refractivity contribution in [2.75, 3.05) is 11.5 Å². The molecule has 0 atom stereocenters. The van der Waals surface area contributed by atoms with Crippen LogP contribution in [0.5, 0.6) is 0 Å². The van der Waals surface area contributed by atoms with Gasteiger partial charge in [0.15, 0.2) is 0 Å². The summed E-state index contributed by atoms with van der Waals surface area (Å²) >= 11 is 7.79. The van der Waals surface area contributed by atoms with Gasteiger partial charge in [-0.3, -0.25) is 0 Å². The van der Waals surface area contributed by atoms with Gasteiger partial charge in [0, 0.05) is 17.1 Å². The first-order chi connectivity index (χ1) is 7.43. The topological polar surface area (TPSA) is 9.23 Å². The average Bonchev–Trinajstić information content (AvgIpc) is 2.74. The second-order valence-electron chi connectivity index (χ2n) is 2.96. The number of rotatable bonds is 0. The van der Waals surface area contributed by atoms with E-state index in [0.29, 0.717) is 0 Å². The summed E-state index contributed by atoms with van der Waals surface area (Å²) in [5, 5.41) is 0. The van der Waals surface area contributed by atoms with E-state index in [1.807, 2.05) is 59.2 Å². The molecule has 5 heteroatoms. The zero-order chi connectivity index (χ0) is 10.1. The van der Waals surface area contributed by atoms with Gasteiger partial charge in [-0.1, -0.05) is 23.5 Å². The fourth-order valence-electron chi connectivity index (χ4n) is 1.30. The molecule has 3 rings (SSSR count). The van der Waals surface area contributed by atoms with Crippen LogP contribution in [-0.4, -0.2) is 11.5 Å². The molecule has 0 amide bonds. The molecule has 15 heavy (non-hydrogen) atoms. The maximum absolute atomic E-state index is 5.04. The predicted octanol–water partition coefficient (Wildman–Crippen LogP) is 4.34. The van der Waals surface area contributed by atoms with Crippen molar-refractivity contribution in [3.8, 4) is 0 Å². The summed E-state index contributed by atoms with van der Waals surface area (Å²) in [6.07, 6.45) is 7.54. The van der Waals surface area contributed by atoms with Crippen molar-refractivity contribution >= 4 is 47.0 Å². The highest BCUT2D eigenvalue weighted by atomic mass is 32.3. The van der Waals surface area contributed by atoms with Gasteiger partial charge in [0.05, 0.1) is 25.2 Å². The van der Waals surface area contributed by atoms with Crippen molar-refractivity contribution in [3.05, 3.63) is 43.0 Å². The van der Waals surface area contributed by atoms with Crippen LogP contribution < -0.4 is 0 Å². The molecular formula is C10H8OS4. The Morgan fingerprint density at radius 2 is 1.47 bits per heavy atom. The lowest BCUT2D eigenvalue weighted by Gasteiger charge is -2.08. The molecule has 1 nitrogen and oxygen atoms in total. The van der Waals surface area contributed by atoms with Gasteiger partial charge >= 0.3 is 0 Å². The number of thioether (sulfide) groups is 4. The van der Waals surface area contributed by atoms with Crippen LogP contribution in [0.15, 0.2) is 43.0 Å². The summed E-state index contributed by atoms with van der Waals surface area (Å²) in [5.41, 5.74) is 1.27. The molecule has 3 aliphatic rings. The standard InChI is InChI=1S/C10H8OS4/c1-3-11-4-2-7(1)8-14-9-10(15-8)13-6-5-12-9/h1-4H,5-6H2. The molecule has 0 unspecified atom stereocenters. The highest BCUT2D eigenvalue weighted by molar-refractivity contribution is 8.41. The fraction of sp³-hybridized carbons (Fsp3) is 0.200. The summed E-state index contributed by atoms with van der Waals surface area (Å²) in [7, 11) is 0. The van der Waals surface area contributed by atoms with E-state index in [1.54, 1.807) is 12.5 Å². The summed E-state index contributed by atoms with van der Waals surface area (Å²) in [6, 6.07) is 0. The first-order valence-corrected chi connectivity index (χ1v) is 8.12. The molecule has 0 saturated heterocycles. The lowest BCUT2D eigenvalue weighted by atomic mass is 10.3. The highest BCUT2D eigenvalue weighted by Crippen LogP contribution is 2.60.